The Labute approximate surface area is 212 Å². The van der Waals surface area contributed by atoms with E-state index in [1.165, 1.54) is 0 Å². The number of rotatable bonds is 16. The summed E-state index contributed by atoms with van der Waals surface area (Å²) >= 11 is 0. The van der Waals surface area contributed by atoms with Crippen LogP contribution in [0.25, 0.3) is 0 Å². The standard InChI is InChI=1S/C26H50N4O5/c1-15(2)10-11-27-25(34)19(9)28-23(33)14-21(31)20(12-16(3)4)29-26(35)24(18(7)8)30-22(32)13-17(5)6/h15-21,24,31H,10-14H2,1-9H3,(H,27,34)(H,28,33)(H,29,35)(H,30,32)/t19-,20?,21-,24+/m0/s1. The van der Waals surface area contributed by atoms with Crippen LogP contribution >= 0.6 is 0 Å². The molecule has 0 spiro atoms. The van der Waals surface area contributed by atoms with E-state index in [1.807, 2.05) is 41.5 Å². The average molecular weight is 499 g/mol. The summed E-state index contributed by atoms with van der Waals surface area (Å²) in [5.41, 5.74) is 0. The molecule has 4 amide bonds. The maximum Gasteiger partial charge on any atom is 0.243 e. The van der Waals surface area contributed by atoms with Gasteiger partial charge in [-0.3, -0.25) is 19.2 Å². The van der Waals surface area contributed by atoms with Crippen LogP contribution in [-0.2, 0) is 19.2 Å². The van der Waals surface area contributed by atoms with E-state index in [9.17, 15) is 24.3 Å². The van der Waals surface area contributed by atoms with Crippen molar-refractivity contribution in [2.24, 2.45) is 23.7 Å². The normalized spacial score (nSPS) is 15.0. The second-order valence-corrected chi connectivity index (χ2v) is 11.2. The van der Waals surface area contributed by atoms with Crippen molar-refractivity contribution in [3.05, 3.63) is 0 Å². The topological polar surface area (TPSA) is 137 Å². The van der Waals surface area contributed by atoms with Crippen molar-refractivity contribution < 1.29 is 24.3 Å². The van der Waals surface area contributed by atoms with Crippen molar-refractivity contribution in [3.63, 3.8) is 0 Å². The lowest BCUT2D eigenvalue weighted by atomic mass is 9.95. The number of hydrogen-bond donors (Lipinski definition) is 5. The van der Waals surface area contributed by atoms with Crippen LogP contribution in [0.15, 0.2) is 0 Å². The second kappa shape index (κ2) is 16.5. The third kappa shape index (κ3) is 14.8. The van der Waals surface area contributed by atoms with Crippen molar-refractivity contribution in [2.75, 3.05) is 6.54 Å². The van der Waals surface area contributed by atoms with Crippen LogP contribution in [-0.4, -0.2) is 59.5 Å². The third-order valence-electron chi connectivity index (χ3n) is 5.56. The Balaban J connectivity index is 5.09. The number of hydrogen-bond acceptors (Lipinski definition) is 5. The van der Waals surface area contributed by atoms with E-state index in [-0.39, 0.29) is 41.9 Å². The van der Waals surface area contributed by atoms with Crippen LogP contribution in [0.2, 0.25) is 0 Å². The first-order valence-corrected chi connectivity index (χ1v) is 13.0. The highest BCUT2D eigenvalue weighted by Crippen LogP contribution is 2.13. The van der Waals surface area contributed by atoms with Gasteiger partial charge in [0.25, 0.3) is 0 Å². The number of aliphatic hydroxyl groups is 1. The van der Waals surface area contributed by atoms with E-state index >= 15 is 0 Å². The second-order valence-electron chi connectivity index (χ2n) is 11.2. The molecule has 204 valence electrons. The van der Waals surface area contributed by atoms with Gasteiger partial charge in [-0.25, -0.2) is 0 Å². The van der Waals surface area contributed by atoms with E-state index < -0.39 is 30.1 Å². The Morgan fingerprint density at radius 2 is 1.26 bits per heavy atom. The van der Waals surface area contributed by atoms with Crippen molar-refractivity contribution >= 4 is 23.6 Å². The average Bonchev–Trinajstić information content (AvgIpc) is 2.69. The molecule has 4 atom stereocenters. The molecule has 9 heteroatoms. The molecule has 0 rings (SSSR count). The summed E-state index contributed by atoms with van der Waals surface area (Å²) in [6, 6.07) is -2.15. The Bertz CT molecular complexity index is 679. The molecule has 0 aromatic heterocycles. The van der Waals surface area contributed by atoms with E-state index in [4.69, 9.17) is 0 Å². The molecular formula is C26H50N4O5. The fourth-order valence-electron chi connectivity index (χ4n) is 3.57. The molecule has 0 aliphatic carbocycles. The largest absolute Gasteiger partial charge is 0.390 e. The zero-order valence-corrected chi connectivity index (χ0v) is 23.2. The van der Waals surface area contributed by atoms with Gasteiger partial charge in [0.05, 0.1) is 18.6 Å². The smallest absolute Gasteiger partial charge is 0.243 e. The molecule has 0 radical (unpaired) electrons. The number of carbonyl (C=O) groups is 4. The molecule has 1 unspecified atom stereocenters. The van der Waals surface area contributed by atoms with Crippen LogP contribution in [0, 0.1) is 23.7 Å². The summed E-state index contributed by atoms with van der Waals surface area (Å²) in [5, 5.41) is 21.8. The Kier molecular flexibility index (Phi) is 15.5. The van der Waals surface area contributed by atoms with Gasteiger partial charge in [0.1, 0.15) is 12.1 Å². The summed E-state index contributed by atoms with van der Waals surface area (Å²) < 4.78 is 0. The summed E-state index contributed by atoms with van der Waals surface area (Å²) in [6.45, 7) is 17.7. The molecule has 0 saturated heterocycles. The van der Waals surface area contributed by atoms with E-state index in [1.54, 1.807) is 6.92 Å². The first-order chi connectivity index (χ1) is 16.1. The highest BCUT2D eigenvalue weighted by molar-refractivity contribution is 5.89. The van der Waals surface area contributed by atoms with Gasteiger partial charge in [0.2, 0.25) is 23.6 Å². The Morgan fingerprint density at radius 3 is 1.74 bits per heavy atom. The zero-order valence-electron chi connectivity index (χ0n) is 23.2. The molecule has 0 aromatic carbocycles. The Morgan fingerprint density at radius 1 is 0.686 bits per heavy atom. The maximum absolute atomic E-state index is 13.0. The number of carbonyl (C=O) groups excluding carboxylic acids is 4. The van der Waals surface area contributed by atoms with E-state index in [0.29, 0.717) is 25.3 Å². The predicted octanol–water partition coefficient (Wildman–Crippen LogP) is 2.12. The van der Waals surface area contributed by atoms with Gasteiger partial charge in [0.15, 0.2) is 0 Å². The molecule has 0 bridgehead atoms. The highest BCUT2D eigenvalue weighted by atomic mass is 16.3. The van der Waals surface area contributed by atoms with Crippen LogP contribution in [0.5, 0.6) is 0 Å². The van der Waals surface area contributed by atoms with E-state index in [2.05, 4.69) is 35.1 Å². The molecule has 0 saturated carbocycles. The molecule has 35 heavy (non-hydrogen) atoms. The number of amides is 4. The molecular weight excluding hydrogens is 448 g/mol. The predicted molar refractivity (Wildman–Crippen MR) is 138 cm³/mol. The lowest BCUT2D eigenvalue weighted by Gasteiger charge is -2.29. The van der Waals surface area contributed by atoms with Crippen LogP contribution < -0.4 is 21.3 Å². The SMILES string of the molecule is CC(C)CCNC(=O)[C@H](C)NC(=O)C[C@H](O)C(CC(C)C)NC(=O)[C@H](NC(=O)CC(C)C)C(C)C. The fourth-order valence-corrected chi connectivity index (χ4v) is 3.57. The first kappa shape index (κ1) is 32.8. The summed E-state index contributed by atoms with van der Waals surface area (Å²) in [6.07, 6.45) is 0.218. The summed E-state index contributed by atoms with van der Waals surface area (Å²) in [4.78, 5) is 49.9. The van der Waals surface area contributed by atoms with Gasteiger partial charge in [-0.05, 0) is 43.4 Å². The molecule has 0 aliphatic rings. The van der Waals surface area contributed by atoms with Crippen LogP contribution in [0.1, 0.15) is 88.0 Å². The van der Waals surface area contributed by atoms with Crippen molar-refractivity contribution in [2.45, 2.75) is 112 Å². The molecule has 0 heterocycles. The Hall–Kier alpha value is -2.16. The molecule has 9 nitrogen and oxygen atoms in total. The molecule has 0 aliphatic heterocycles. The van der Waals surface area contributed by atoms with Gasteiger partial charge >= 0.3 is 0 Å². The van der Waals surface area contributed by atoms with Gasteiger partial charge in [0, 0.05) is 13.0 Å². The van der Waals surface area contributed by atoms with Gasteiger partial charge in [-0.15, -0.1) is 0 Å². The van der Waals surface area contributed by atoms with Gasteiger partial charge in [-0.2, -0.15) is 0 Å². The first-order valence-electron chi connectivity index (χ1n) is 13.0. The lowest BCUT2D eigenvalue weighted by molar-refractivity contribution is -0.132. The summed E-state index contributed by atoms with van der Waals surface area (Å²) in [5.74, 6) is -0.718. The van der Waals surface area contributed by atoms with Crippen molar-refractivity contribution in [1.82, 2.24) is 21.3 Å². The maximum atomic E-state index is 13.0. The molecule has 0 aromatic rings. The minimum absolute atomic E-state index is 0.150. The molecule has 5 N–H and O–H groups in total. The minimum atomic E-state index is -1.14. The number of aliphatic hydroxyl groups excluding tert-OH is 1. The fraction of sp³-hybridized carbons (Fsp3) is 0.846. The summed E-state index contributed by atoms with van der Waals surface area (Å²) in [7, 11) is 0. The minimum Gasteiger partial charge on any atom is -0.390 e. The lowest BCUT2D eigenvalue weighted by Crippen LogP contribution is -2.55. The quantitative estimate of drug-likeness (QED) is 0.222. The van der Waals surface area contributed by atoms with Gasteiger partial charge < -0.3 is 26.4 Å². The van der Waals surface area contributed by atoms with E-state index in [0.717, 1.165) is 6.42 Å². The van der Waals surface area contributed by atoms with Gasteiger partial charge in [-0.1, -0.05) is 55.4 Å². The van der Waals surface area contributed by atoms with Crippen LogP contribution in [0.4, 0.5) is 0 Å². The van der Waals surface area contributed by atoms with Crippen molar-refractivity contribution in [1.29, 1.82) is 0 Å². The zero-order chi connectivity index (χ0) is 27.3. The molecule has 0 fully saturated rings. The van der Waals surface area contributed by atoms with Crippen LogP contribution in [0.3, 0.4) is 0 Å². The number of nitrogens with one attached hydrogen (secondary N) is 4. The highest BCUT2D eigenvalue weighted by Gasteiger charge is 2.30. The third-order valence-corrected chi connectivity index (χ3v) is 5.56. The van der Waals surface area contributed by atoms with Crippen molar-refractivity contribution in [3.8, 4) is 0 Å². The monoisotopic (exact) mass is 498 g/mol.